The highest BCUT2D eigenvalue weighted by atomic mass is 28.4. The van der Waals surface area contributed by atoms with Crippen LogP contribution in [0.4, 0.5) is 0 Å². The molecule has 0 aliphatic rings. The van der Waals surface area contributed by atoms with Crippen LogP contribution in [0.3, 0.4) is 0 Å². The second-order valence-corrected chi connectivity index (χ2v) is 10.4. The molecular weight excluding hydrogens is 214 g/mol. The van der Waals surface area contributed by atoms with Gasteiger partial charge in [0.25, 0.3) is 0 Å². The molecule has 92 valence electrons. The maximum atomic E-state index is 8.31. The van der Waals surface area contributed by atoms with Crippen molar-refractivity contribution in [3.63, 3.8) is 0 Å². The van der Waals surface area contributed by atoms with E-state index in [-0.39, 0.29) is 0 Å². The first-order valence-corrected chi connectivity index (χ1v) is 8.90. The van der Waals surface area contributed by atoms with E-state index in [4.69, 9.17) is 9.69 Å². The zero-order chi connectivity index (χ0) is 12.7. The fourth-order valence-electron chi connectivity index (χ4n) is 1.04. The first-order valence-electron chi connectivity index (χ1n) is 6.00. The third-order valence-electron chi connectivity index (χ3n) is 3.23. The number of nitrogens with zero attached hydrogens (tertiary/aromatic N) is 1. The summed E-state index contributed by atoms with van der Waals surface area (Å²) in [6, 6.07) is 2.00. The van der Waals surface area contributed by atoms with Crippen LogP contribution >= 0.6 is 0 Å². The highest BCUT2D eigenvalue weighted by Crippen LogP contribution is 2.36. The predicted molar refractivity (Wildman–Crippen MR) is 71.8 cm³/mol. The number of hydrogen-bond donors (Lipinski definition) is 0. The second kappa shape index (κ2) is 6.88. The highest BCUT2D eigenvalue weighted by molar-refractivity contribution is 6.74. The van der Waals surface area contributed by atoms with Gasteiger partial charge in [0, 0.05) is 12.7 Å². The molecule has 0 atom stereocenters. The van der Waals surface area contributed by atoms with E-state index in [1.54, 1.807) is 6.08 Å². The second-order valence-electron chi connectivity index (χ2n) is 5.64. The zero-order valence-corrected chi connectivity index (χ0v) is 12.3. The average molecular weight is 239 g/mol. The fraction of sp³-hybridized carbons (Fsp3) is 0.769. The van der Waals surface area contributed by atoms with Gasteiger partial charge in [0.1, 0.15) is 0 Å². The van der Waals surface area contributed by atoms with Crippen LogP contribution in [0.15, 0.2) is 12.2 Å². The van der Waals surface area contributed by atoms with Crippen molar-refractivity contribution in [3.8, 4) is 6.07 Å². The standard InChI is InChI=1S/C13H25NOSi/c1-13(2,3)16(4,5)15-12-10-8-6-7-9-11-14/h7,9H,6,8,10,12H2,1-5H3/b9-7-. The van der Waals surface area contributed by atoms with Gasteiger partial charge in [-0.1, -0.05) is 26.8 Å². The molecule has 0 aromatic heterocycles. The van der Waals surface area contributed by atoms with Gasteiger partial charge in [0.2, 0.25) is 0 Å². The summed E-state index contributed by atoms with van der Waals surface area (Å²) in [6.07, 6.45) is 6.64. The molecule has 3 heteroatoms. The molecule has 0 bridgehead atoms. The summed E-state index contributed by atoms with van der Waals surface area (Å²) in [6.45, 7) is 12.2. The lowest BCUT2D eigenvalue weighted by Crippen LogP contribution is -2.40. The van der Waals surface area contributed by atoms with Crippen LogP contribution in [0.25, 0.3) is 0 Å². The number of allylic oxidation sites excluding steroid dienone is 2. The van der Waals surface area contributed by atoms with Gasteiger partial charge >= 0.3 is 0 Å². The molecule has 16 heavy (non-hydrogen) atoms. The fourth-order valence-corrected chi connectivity index (χ4v) is 2.13. The molecule has 0 amide bonds. The lowest BCUT2D eigenvalue weighted by Gasteiger charge is -2.36. The maximum Gasteiger partial charge on any atom is 0.191 e. The Balaban J connectivity index is 3.68. The molecule has 0 aliphatic heterocycles. The third-order valence-corrected chi connectivity index (χ3v) is 7.76. The van der Waals surface area contributed by atoms with E-state index in [2.05, 4.69) is 33.9 Å². The van der Waals surface area contributed by atoms with E-state index >= 15 is 0 Å². The van der Waals surface area contributed by atoms with Gasteiger partial charge in [-0.25, -0.2) is 0 Å². The lowest BCUT2D eigenvalue weighted by molar-refractivity contribution is 0.279. The van der Waals surface area contributed by atoms with Crippen LogP contribution in [0.2, 0.25) is 18.1 Å². The largest absolute Gasteiger partial charge is 0.417 e. The van der Waals surface area contributed by atoms with E-state index in [9.17, 15) is 0 Å². The summed E-state index contributed by atoms with van der Waals surface area (Å²) in [5, 5.41) is 8.61. The van der Waals surface area contributed by atoms with Gasteiger partial charge in [-0.3, -0.25) is 0 Å². The van der Waals surface area contributed by atoms with Gasteiger partial charge in [-0.15, -0.1) is 0 Å². The Labute approximate surface area is 101 Å². The summed E-state index contributed by atoms with van der Waals surface area (Å²) >= 11 is 0. The summed E-state index contributed by atoms with van der Waals surface area (Å²) in [5.41, 5.74) is 0. The number of rotatable bonds is 6. The molecule has 0 radical (unpaired) electrons. The Morgan fingerprint density at radius 3 is 2.38 bits per heavy atom. The highest BCUT2D eigenvalue weighted by Gasteiger charge is 2.36. The normalized spacial score (nSPS) is 13.0. The monoisotopic (exact) mass is 239 g/mol. The van der Waals surface area contributed by atoms with Gasteiger partial charge in [0.05, 0.1) is 6.07 Å². The molecule has 0 spiro atoms. The van der Waals surface area contributed by atoms with Crippen molar-refractivity contribution in [2.45, 2.75) is 58.2 Å². The van der Waals surface area contributed by atoms with Gasteiger partial charge in [0.15, 0.2) is 8.32 Å². The molecule has 0 saturated heterocycles. The minimum absolute atomic E-state index is 0.299. The van der Waals surface area contributed by atoms with Gasteiger partial charge in [-0.2, -0.15) is 5.26 Å². The first-order chi connectivity index (χ1) is 7.31. The number of nitriles is 1. The van der Waals surface area contributed by atoms with Crippen molar-refractivity contribution in [2.75, 3.05) is 6.61 Å². The van der Waals surface area contributed by atoms with Crippen LogP contribution in [0.1, 0.15) is 40.0 Å². The molecule has 0 aliphatic carbocycles. The molecule has 2 nitrogen and oxygen atoms in total. The Kier molecular flexibility index (Phi) is 6.62. The van der Waals surface area contributed by atoms with Crippen molar-refractivity contribution in [3.05, 3.63) is 12.2 Å². The summed E-state index contributed by atoms with van der Waals surface area (Å²) in [7, 11) is -1.55. The Bertz CT molecular complexity index is 258. The molecule has 0 rings (SSSR count). The quantitative estimate of drug-likeness (QED) is 0.394. The molecule has 0 saturated carbocycles. The predicted octanol–water partition coefficient (Wildman–Crippen LogP) is 4.26. The summed E-state index contributed by atoms with van der Waals surface area (Å²) in [4.78, 5) is 0. The molecule has 0 unspecified atom stereocenters. The third kappa shape index (κ3) is 6.09. The molecule has 0 aromatic carbocycles. The van der Waals surface area contributed by atoms with Crippen molar-refractivity contribution in [1.82, 2.24) is 0 Å². The summed E-state index contributed by atoms with van der Waals surface area (Å²) in [5.74, 6) is 0. The Morgan fingerprint density at radius 2 is 1.88 bits per heavy atom. The topological polar surface area (TPSA) is 33.0 Å². The van der Waals surface area contributed by atoms with E-state index in [0.717, 1.165) is 25.9 Å². The van der Waals surface area contributed by atoms with Crippen molar-refractivity contribution in [1.29, 1.82) is 5.26 Å². The average Bonchev–Trinajstić information content (AvgIpc) is 2.14. The van der Waals surface area contributed by atoms with Crippen molar-refractivity contribution < 1.29 is 4.43 Å². The molecule has 0 fully saturated rings. The van der Waals surface area contributed by atoms with Gasteiger partial charge in [-0.05, 0) is 37.4 Å². The van der Waals surface area contributed by atoms with E-state index in [1.165, 1.54) is 0 Å². The van der Waals surface area contributed by atoms with Crippen LogP contribution in [0, 0.1) is 11.3 Å². The minimum atomic E-state index is -1.55. The smallest absolute Gasteiger partial charge is 0.191 e. The molecular formula is C13H25NOSi. The number of unbranched alkanes of at least 4 members (excludes halogenated alkanes) is 2. The maximum absolute atomic E-state index is 8.31. The lowest BCUT2D eigenvalue weighted by atomic mass is 10.2. The first kappa shape index (κ1) is 15.4. The van der Waals surface area contributed by atoms with Crippen LogP contribution in [-0.4, -0.2) is 14.9 Å². The molecule has 0 heterocycles. The minimum Gasteiger partial charge on any atom is -0.417 e. The number of hydrogen-bond acceptors (Lipinski definition) is 2. The summed E-state index contributed by atoms with van der Waals surface area (Å²) < 4.78 is 6.05. The van der Waals surface area contributed by atoms with Crippen molar-refractivity contribution in [2.24, 2.45) is 0 Å². The van der Waals surface area contributed by atoms with Crippen LogP contribution < -0.4 is 0 Å². The van der Waals surface area contributed by atoms with Crippen LogP contribution in [0.5, 0.6) is 0 Å². The molecule has 0 aromatic rings. The Morgan fingerprint density at radius 1 is 1.25 bits per heavy atom. The van der Waals surface area contributed by atoms with E-state index in [1.807, 2.05) is 12.1 Å². The van der Waals surface area contributed by atoms with Crippen LogP contribution in [-0.2, 0) is 4.43 Å². The molecule has 0 N–H and O–H groups in total. The zero-order valence-electron chi connectivity index (χ0n) is 11.3. The van der Waals surface area contributed by atoms with Crippen molar-refractivity contribution >= 4 is 8.32 Å². The van der Waals surface area contributed by atoms with E-state index in [0.29, 0.717) is 5.04 Å². The Hall–Kier alpha value is -0.593. The SMILES string of the molecule is CC(C)(C)[Si](C)(C)OCCCC/C=C\C#N. The van der Waals surface area contributed by atoms with Gasteiger partial charge < -0.3 is 4.43 Å². The van der Waals surface area contributed by atoms with E-state index < -0.39 is 8.32 Å².